The number of carbonyl (C=O) groups excluding carboxylic acids is 1. The normalized spacial score (nSPS) is 17.8. The van der Waals surface area contributed by atoms with E-state index < -0.39 is 5.54 Å². The van der Waals surface area contributed by atoms with Crippen molar-refractivity contribution in [2.24, 2.45) is 5.92 Å². The quantitative estimate of drug-likeness (QED) is 0.573. The molecule has 1 fully saturated rings. The molecule has 1 saturated carbocycles. The monoisotopic (exact) mass is 347 g/mol. The van der Waals surface area contributed by atoms with E-state index in [1.54, 1.807) is 34.9 Å². The first kappa shape index (κ1) is 17.1. The van der Waals surface area contributed by atoms with Crippen LogP contribution in [0.2, 0.25) is 0 Å². The standard InChI is InChI=1S/C13H21N3O2S3/c1-8(2)14-13(9-5-6-9,10(17)18-3)7-20-12-16-15-11(19-4)21-12/h8-9,14H,5-7H2,1-4H3. The van der Waals surface area contributed by atoms with Crippen molar-refractivity contribution < 1.29 is 9.53 Å². The lowest BCUT2D eigenvalue weighted by atomic mass is 9.94. The van der Waals surface area contributed by atoms with E-state index in [0.29, 0.717) is 11.7 Å². The van der Waals surface area contributed by atoms with Crippen LogP contribution in [0.25, 0.3) is 0 Å². The van der Waals surface area contributed by atoms with Crippen LogP contribution in [0.5, 0.6) is 0 Å². The third-order valence-electron chi connectivity index (χ3n) is 3.36. The summed E-state index contributed by atoms with van der Waals surface area (Å²) in [6, 6.07) is 0.224. The van der Waals surface area contributed by atoms with Gasteiger partial charge in [-0.25, -0.2) is 0 Å². The molecule has 0 radical (unpaired) electrons. The summed E-state index contributed by atoms with van der Waals surface area (Å²) in [6.07, 6.45) is 4.13. The molecule has 0 amide bonds. The maximum Gasteiger partial charge on any atom is 0.327 e. The van der Waals surface area contributed by atoms with Crippen LogP contribution in [-0.4, -0.2) is 46.9 Å². The Hall–Kier alpha value is -0.310. The van der Waals surface area contributed by atoms with Crippen LogP contribution in [-0.2, 0) is 9.53 Å². The smallest absolute Gasteiger partial charge is 0.327 e. The Morgan fingerprint density at radius 3 is 2.62 bits per heavy atom. The van der Waals surface area contributed by atoms with Crippen molar-refractivity contribution in [3.8, 4) is 0 Å². The van der Waals surface area contributed by atoms with Gasteiger partial charge in [0, 0.05) is 11.8 Å². The van der Waals surface area contributed by atoms with Crippen LogP contribution in [0.1, 0.15) is 26.7 Å². The summed E-state index contributed by atoms with van der Waals surface area (Å²) in [5.41, 5.74) is -0.612. The van der Waals surface area contributed by atoms with Crippen LogP contribution >= 0.6 is 34.9 Å². The largest absolute Gasteiger partial charge is 0.468 e. The van der Waals surface area contributed by atoms with Crippen LogP contribution in [0, 0.1) is 5.92 Å². The van der Waals surface area contributed by atoms with Crippen LogP contribution in [0.4, 0.5) is 0 Å². The molecule has 8 heteroatoms. The highest BCUT2D eigenvalue weighted by Gasteiger charge is 2.52. The molecule has 1 aliphatic rings. The third-order valence-corrected chi connectivity index (χ3v) is 6.58. The average Bonchev–Trinajstić information content (AvgIpc) is 3.21. The highest BCUT2D eigenvalue weighted by Crippen LogP contribution is 2.44. The second-order valence-electron chi connectivity index (χ2n) is 5.36. The van der Waals surface area contributed by atoms with Gasteiger partial charge in [0.25, 0.3) is 0 Å². The molecule has 1 aliphatic carbocycles. The summed E-state index contributed by atoms with van der Waals surface area (Å²) < 4.78 is 6.93. The minimum Gasteiger partial charge on any atom is -0.468 e. The predicted molar refractivity (Wildman–Crippen MR) is 88.2 cm³/mol. The Bertz CT molecular complexity index is 491. The first-order valence-corrected chi connectivity index (χ1v) is 9.91. The van der Waals surface area contributed by atoms with E-state index in [9.17, 15) is 4.79 Å². The van der Waals surface area contributed by atoms with Crippen molar-refractivity contribution >= 4 is 40.8 Å². The topological polar surface area (TPSA) is 64.1 Å². The molecule has 21 heavy (non-hydrogen) atoms. The fourth-order valence-corrected chi connectivity index (χ4v) is 5.05. The van der Waals surface area contributed by atoms with E-state index >= 15 is 0 Å². The Balaban J connectivity index is 2.12. The number of methoxy groups -OCH3 is 1. The van der Waals surface area contributed by atoms with Gasteiger partial charge in [-0.3, -0.25) is 10.1 Å². The van der Waals surface area contributed by atoms with Gasteiger partial charge < -0.3 is 4.74 Å². The molecule has 1 heterocycles. The van der Waals surface area contributed by atoms with E-state index in [-0.39, 0.29) is 12.0 Å². The first-order valence-electron chi connectivity index (χ1n) is 6.88. The molecule has 1 aromatic heterocycles. The first-order chi connectivity index (χ1) is 10.0. The fraction of sp³-hybridized carbons (Fsp3) is 0.769. The Kier molecular flexibility index (Phi) is 5.93. The second kappa shape index (κ2) is 7.30. The van der Waals surface area contributed by atoms with Gasteiger partial charge in [0.05, 0.1) is 7.11 Å². The summed E-state index contributed by atoms with van der Waals surface area (Å²) in [6.45, 7) is 4.11. The summed E-state index contributed by atoms with van der Waals surface area (Å²) in [5, 5.41) is 11.7. The predicted octanol–water partition coefficient (Wildman–Crippen LogP) is 2.67. The number of aromatic nitrogens is 2. The van der Waals surface area contributed by atoms with Gasteiger partial charge in [0.2, 0.25) is 0 Å². The molecule has 5 nitrogen and oxygen atoms in total. The van der Waals surface area contributed by atoms with Crippen molar-refractivity contribution in [1.29, 1.82) is 0 Å². The molecule has 118 valence electrons. The number of rotatable bonds is 8. The number of carbonyl (C=O) groups is 1. The second-order valence-corrected chi connectivity index (χ2v) is 8.62. The number of hydrogen-bond acceptors (Lipinski definition) is 8. The zero-order valence-corrected chi connectivity index (χ0v) is 15.2. The molecule has 1 N–H and O–H groups in total. The number of nitrogens with zero attached hydrogens (tertiary/aromatic N) is 2. The zero-order chi connectivity index (χ0) is 15.5. The van der Waals surface area contributed by atoms with Crippen molar-refractivity contribution in [2.45, 2.75) is 46.9 Å². The molecule has 2 rings (SSSR count). The summed E-state index contributed by atoms with van der Waals surface area (Å²) in [7, 11) is 1.46. The molecule has 0 aromatic carbocycles. The average molecular weight is 348 g/mol. The lowest BCUT2D eigenvalue weighted by Gasteiger charge is -2.33. The van der Waals surface area contributed by atoms with Crippen molar-refractivity contribution in [1.82, 2.24) is 15.5 Å². The van der Waals surface area contributed by atoms with E-state index in [4.69, 9.17) is 4.74 Å². The lowest BCUT2D eigenvalue weighted by molar-refractivity contribution is -0.148. The fourth-order valence-electron chi connectivity index (χ4n) is 2.35. The Morgan fingerprint density at radius 1 is 1.48 bits per heavy atom. The van der Waals surface area contributed by atoms with Gasteiger partial charge in [-0.1, -0.05) is 34.9 Å². The molecule has 0 bridgehead atoms. The maximum atomic E-state index is 12.4. The molecule has 1 aromatic rings. The van der Waals surface area contributed by atoms with Gasteiger partial charge >= 0.3 is 5.97 Å². The molecule has 0 saturated heterocycles. The molecule has 1 unspecified atom stereocenters. The van der Waals surface area contributed by atoms with Gasteiger partial charge in [0.1, 0.15) is 5.54 Å². The summed E-state index contributed by atoms with van der Waals surface area (Å²) in [4.78, 5) is 12.4. The molecule has 0 aliphatic heterocycles. The zero-order valence-electron chi connectivity index (χ0n) is 12.7. The van der Waals surface area contributed by atoms with Crippen LogP contribution < -0.4 is 5.32 Å². The highest BCUT2D eigenvalue weighted by molar-refractivity contribution is 8.03. The SMILES string of the molecule is COC(=O)C(CSc1nnc(SC)s1)(NC(C)C)C1CC1. The van der Waals surface area contributed by atoms with E-state index in [0.717, 1.165) is 21.5 Å². The number of thioether (sulfide) groups is 2. The van der Waals surface area contributed by atoms with Gasteiger partial charge in [-0.15, -0.1) is 10.2 Å². The number of esters is 1. The molecular weight excluding hydrogens is 326 g/mol. The van der Waals surface area contributed by atoms with Crippen molar-refractivity contribution in [2.75, 3.05) is 19.1 Å². The lowest BCUT2D eigenvalue weighted by Crippen LogP contribution is -2.59. The summed E-state index contributed by atoms with van der Waals surface area (Å²) in [5.74, 6) is 0.819. The summed E-state index contributed by atoms with van der Waals surface area (Å²) >= 11 is 4.74. The highest BCUT2D eigenvalue weighted by atomic mass is 32.2. The maximum absolute atomic E-state index is 12.4. The van der Waals surface area contributed by atoms with Gasteiger partial charge in [-0.05, 0) is 38.9 Å². The number of nitrogens with one attached hydrogen (secondary N) is 1. The van der Waals surface area contributed by atoms with Crippen molar-refractivity contribution in [3.05, 3.63) is 0 Å². The minimum atomic E-state index is -0.612. The van der Waals surface area contributed by atoms with Crippen molar-refractivity contribution in [3.63, 3.8) is 0 Å². The number of ether oxygens (including phenoxy) is 1. The van der Waals surface area contributed by atoms with Gasteiger partial charge in [-0.2, -0.15) is 0 Å². The molecule has 0 spiro atoms. The van der Waals surface area contributed by atoms with E-state index in [2.05, 4.69) is 29.4 Å². The van der Waals surface area contributed by atoms with Crippen LogP contribution in [0.3, 0.4) is 0 Å². The van der Waals surface area contributed by atoms with E-state index in [1.807, 2.05) is 6.26 Å². The third kappa shape index (κ3) is 4.12. The van der Waals surface area contributed by atoms with Gasteiger partial charge in [0.15, 0.2) is 8.68 Å². The Morgan fingerprint density at radius 2 is 2.14 bits per heavy atom. The Labute approximate surface area is 138 Å². The molecular formula is C13H21N3O2S3. The molecule has 1 atom stereocenters. The van der Waals surface area contributed by atoms with E-state index in [1.165, 1.54) is 7.11 Å². The van der Waals surface area contributed by atoms with Crippen LogP contribution in [0.15, 0.2) is 8.68 Å². The minimum absolute atomic E-state index is 0.166. The number of hydrogen-bond donors (Lipinski definition) is 1.